The lowest BCUT2D eigenvalue weighted by atomic mass is 10.1. The molecule has 0 aromatic heterocycles. The molecule has 5 nitrogen and oxygen atoms in total. The number of para-hydroxylation sites is 1. The normalized spacial score (nSPS) is 13.5. The molecule has 0 spiro atoms. The molecule has 2 N–H and O–H groups in total. The second kappa shape index (κ2) is 8.47. The molecule has 0 atom stereocenters. The average Bonchev–Trinajstić information content (AvgIpc) is 3.20. The minimum Gasteiger partial charge on any atom is -0.374 e. The van der Waals surface area contributed by atoms with Gasteiger partial charge >= 0.3 is 0 Å². The zero-order valence-corrected chi connectivity index (χ0v) is 14.5. The molecular formula is C20H22FN3O2. The van der Waals surface area contributed by atoms with E-state index >= 15 is 0 Å². The zero-order chi connectivity index (χ0) is 18.4. The minimum atomic E-state index is -0.390. The summed E-state index contributed by atoms with van der Waals surface area (Å²) in [6.45, 7) is 2.00. The highest BCUT2D eigenvalue weighted by atomic mass is 19.1. The number of nitrogens with zero attached hydrogens (tertiary/aromatic N) is 1. The van der Waals surface area contributed by atoms with Gasteiger partial charge < -0.3 is 15.5 Å². The number of hydrogen-bond acceptors (Lipinski definition) is 3. The zero-order valence-electron chi connectivity index (χ0n) is 14.5. The Morgan fingerprint density at radius 1 is 1.00 bits per heavy atom. The van der Waals surface area contributed by atoms with E-state index in [1.165, 1.54) is 6.07 Å². The summed E-state index contributed by atoms with van der Waals surface area (Å²) in [5, 5.41) is 5.54. The van der Waals surface area contributed by atoms with Crippen molar-refractivity contribution in [1.82, 2.24) is 10.2 Å². The first kappa shape index (κ1) is 17.9. The van der Waals surface area contributed by atoms with Gasteiger partial charge in [-0.1, -0.05) is 24.3 Å². The maximum absolute atomic E-state index is 13.5. The van der Waals surface area contributed by atoms with Crippen LogP contribution in [0.5, 0.6) is 0 Å². The number of carbonyl (C=O) groups excluding carboxylic acids is 2. The summed E-state index contributed by atoms with van der Waals surface area (Å²) < 4.78 is 13.5. The van der Waals surface area contributed by atoms with Crippen LogP contribution in [0, 0.1) is 5.82 Å². The number of carbonyl (C=O) groups is 2. The molecule has 2 amide bonds. The van der Waals surface area contributed by atoms with E-state index in [-0.39, 0.29) is 18.4 Å². The van der Waals surface area contributed by atoms with Crippen LogP contribution < -0.4 is 10.6 Å². The molecule has 0 aliphatic carbocycles. The Bertz CT molecular complexity index is 771. The van der Waals surface area contributed by atoms with Crippen molar-refractivity contribution in [3.8, 4) is 0 Å². The van der Waals surface area contributed by atoms with Crippen LogP contribution in [0.1, 0.15) is 28.8 Å². The molecular weight excluding hydrogens is 333 g/mol. The number of likely N-dealkylation sites (tertiary alicyclic amines) is 1. The molecule has 0 saturated carbocycles. The van der Waals surface area contributed by atoms with Gasteiger partial charge in [-0.15, -0.1) is 0 Å². The second-order valence-electron chi connectivity index (χ2n) is 6.31. The van der Waals surface area contributed by atoms with Crippen LogP contribution in [0.15, 0.2) is 48.5 Å². The third-order valence-corrected chi connectivity index (χ3v) is 4.40. The SMILES string of the molecule is O=C(CNc1ccccc1F)NCc1ccc(C(=O)N2CCCC2)cc1. The van der Waals surface area contributed by atoms with Crippen LogP contribution in [-0.4, -0.2) is 36.3 Å². The van der Waals surface area contributed by atoms with Crippen molar-refractivity contribution < 1.29 is 14.0 Å². The standard InChI is InChI=1S/C20H22FN3O2/c21-17-5-1-2-6-18(17)22-14-19(25)23-13-15-7-9-16(10-8-15)20(26)24-11-3-4-12-24/h1-2,5-10,22H,3-4,11-14H2,(H,23,25). The highest BCUT2D eigenvalue weighted by Gasteiger charge is 2.19. The lowest BCUT2D eigenvalue weighted by Gasteiger charge is -2.15. The van der Waals surface area contributed by atoms with Crippen LogP contribution in [0.25, 0.3) is 0 Å². The van der Waals surface area contributed by atoms with E-state index in [0.717, 1.165) is 31.5 Å². The molecule has 1 heterocycles. The highest BCUT2D eigenvalue weighted by molar-refractivity contribution is 5.94. The summed E-state index contributed by atoms with van der Waals surface area (Å²) in [6.07, 6.45) is 2.13. The third-order valence-electron chi connectivity index (χ3n) is 4.40. The summed E-state index contributed by atoms with van der Waals surface area (Å²) in [5.74, 6) is -0.559. The van der Waals surface area contributed by atoms with Gasteiger partial charge in [0.25, 0.3) is 5.91 Å². The first-order chi connectivity index (χ1) is 12.6. The molecule has 2 aromatic rings. The number of rotatable bonds is 6. The molecule has 1 fully saturated rings. The fourth-order valence-electron chi connectivity index (χ4n) is 2.91. The molecule has 6 heteroatoms. The van der Waals surface area contributed by atoms with E-state index in [1.807, 2.05) is 17.0 Å². The summed E-state index contributed by atoms with van der Waals surface area (Å²) in [6, 6.07) is 13.5. The summed E-state index contributed by atoms with van der Waals surface area (Å²) in [5.41, 5.74) is 1.87. The topological polar surface area (TPSA) is 61.4 Å². The van der Waals surface area contributed by atoms with Gasteiger partial charge in [-0.05, 0) is 42.7 Å². The van der Waals surface area contributed by atoms with Gasteiger partial charge in [-0.2, -0.15) is 0 Å². The molecule has 3 rings (SSSR count). The molecule has 0 unspecified atom stereocenters. The second-order valence-corrected chi connectivity index (χ2v) is 6.31. The van der Waals surface area contributed by atoms with E-state index in [1.54, 1.807) is 30.3 Å². The van der Waals surface area contributed by atoms with Crippen LogP contribution >= 0.6 is 0 Å². The van der Waals surface area contributed by atoms with Crippen LogP contribution in [0.3, 0.4) is 0 Å². The Morgan fingerprint density at radius 2 is 1.69 bits per heavy atom. The van der Waals surface area contributed by atoms with E-state index in [0.29, 0.717) is 17.8 Å². The smallest absolute Gasteiger partial charge is 0.253 e. The maximum atomic E-state index is 13.5. The van der Waals surface area contributed by atoms with Gasteiger partial charge in [0.1, 0.15) is 5.82 Å². The van der Waals surface area contributed by atoms with Crippen molar-refractivity contribution in [3.05, 3.63) is 65.5 Å². The Hall–Kier alpha value is -2.89. The van der Waals surface area contributed by atoms with Gasteiger partial charge in [0.05, 0.1) is 12.2 Å². The number of hydrogen-bond donors (Lipinski definition) is 2. The maximum Gasteiger partial charge on any atom is 0.253 e. The summed E-state index contributed by atoms with van der Waals surface area (Å²) in [4.78, 5) is 26.0. The largest absolute Gasteiger partial charge is 0.374 e. The molecule has 1 aliphatic heterocycles. The van der Waals surface area contributed by atoms with Crippen LogP contribution in [-0.2, 0) is 11.3 Å². The number of anilines is 1. The first-order valence-corrected chi connectivity index (χ1v) is 8.77. The highest BCUT2D eigenvalue weighted by Crippen LogP contribution is 2.14. The van der Waals surface area contributed by atoms with E-state index in [4.69, 9.17) is 0 Å². The average molecular weight is 355 g/mol. The van der Waals surface area contributed by atoms with Crippen molar-refractivity contribution >= 4 is 17.5 Å². The molecule has 1 saturated heterocycles. The lowest BCUT2D eigenvalue weighted by Crippen LogP contribution is -2.29. The van der Waals surface area contributed by atoms with Crippen molar-refractivity contribution in [3.63, 3.8) is 0 Å². The Morgan fingerprint density at radius 3 is 2.38 bits per heavy atom. The molecule has 1 aliphatic rings. The van der Waals surface area contributed by atoms with Gasteiger partial charge in [0.15, 0.2) is 0 Å². The van der Waals surface area contributed by atoms with E-state index < -0.39 is 5.82 Å². The predicted octanol–water partition coefficient (Wildman–Crippen LogP) is 2.79. The Kier molecular flexibility index (Phi) is 5.84. The molecule has 0 bridgehead atoms. The summed E-state index contributed by atoms with van der Waals surface area (Å²) >= 11 is 0. The lowest BCUT2D eigenvalue weighted by molar-refractivity contribution is -0.119. The molecule has 26 heavy (non-hydrogen) atoms. The third kappa shape index (κ3) is 4.59. The molecule has 136 valence electrons. The summed E-state index contributed by atoms with van der Waals surface area (Å²) in [7, 11) is 0. The molecule has 0 radical (unpaired) electrons. The van der Waals surface area contributed by atoms with Crippen molar-refractivity contribution in [2.24, 2.45) is 0 Å². The first-order valence-electron chi connectivity index (χ1n) is 8.77. The fraction of sp³-hybridized carbons (Fsp3) is 0.300. The predicted molar refractivity (Wildman–Crippen MR) is 98.3 cm³/mol. The van der Waals surface area contributed by atoms with Crippen molar-refractivity contribution in [1.29, 1.82) is 0 Å². The van der Waals surface area contributed by atoms with Crippen LogP contribution in [0.4, 0.5) is 10.1 Å². The Balaban J connectivity index is 1.46. The van der Waals surface area contributed by atoms with E-state index in [2.05, 4.69) is 10.6 Å². The fourth-order valence-corrected chi connectivity index (χ4v) is 2.91. The van der Waals surface area contributed by atoms with Gasteiger partial charge in [0, 0.05) is 25.2 Å². The quantitative estimate of drug-likeness (QED) is 0.838. The number of benzene rings is 2. The van der Waals surface area contributed by atoms with Gasteiger partial charge in [-0.3, -0.25) is 9.59 Å². The van der Waals surface area contributed by atoms with Crippen molar-refractivity contribution in [2.75, 3.05) is 25.0 Å². The van der Waals surface area contributed by atoms with Crippen LogP contribution in [0.2, 0.25) is 0 Å². The van der Waals surface area contributed by atoms with E-state index in [9.17, 15) is 14.0 Å². The number of halogens is 1. The molecule has 2 aromatic carbocycles. The van der Waals surface area contributed by atoms with Crippen molar-refractivity contribution in [2.45, 2.75) is 19.4 Å². The monoisotopic (exact) mass is 355 g/mol. The Labute approximate surface area is 152 Å². The number of amides is 2. The number of nitrogens with one attached hydrogen (secondary N) is 2. The van der Waals surface area contributed by atoms with Gasteiger partial charge in [-0.25, -0.2) is 4.39 Å². The minimum absolute atomic E-state index is 0.00748. The van der Waals surface area contributed by atoms with Gasteiger partial charge in [0.2, 0.25) is 5.91 Å².